The van der Waals surface area contributed by atoms with Gasteiger partial charge in [0.2, 0.25) is 0 Å². The maximum atomic E-state index is 5.53. The Morgan fingerprint density at radius 2 is 1.95 bits per heavy atom. The van der Waals surface area contributed by atoms with Gasteiger partial charge in [0.25, 0.3) is 0 Å². The van der Waals surface area contributed by atoms with Gasteiger partial charge >= 0.3 is 0 Å². The minimum Gasteiger partial charge on any atom is -0.493 e. The second kappa shape index (κ2) is 7.07. The van der Waals surface area contributed by atoms with Gasteiger partial charge in [-0.3, -0.25) is 0 Å². The fourth-order valence-corrected chi connectivity index (χ4v) is 4.15. The van der Waals surface area contributed by atoms with Crippen LogP contribution < -0.4 is 14.8 Å². The Bertz CT molecular complexity index is 645. The Kier molecular flexibility index (Phi) is 4.90. The summed E-state index contributed by atoms with van der Waals surface area (Å²) >= 11 is 1.96. The van der Waals surface area contributed by atoms with Gasteiger partial charge in [-0.2, -0.15) is 0 Å². The molecule has 116 valence electrons. The largest absolute Gasteiger partial charge is 0.493 e. The number of fused-ring (bicyclic) bond motifs is 1. The third kappa shape index (κ3) is 3.08. The zero-order valence-corrected chi connectivity index (χ0v) is 13.9. The number of benzene rings is 2. The molecular formula is C18H22NO2S+. The number of methoxy groups -OCH3 is 2. The van der Waals surface area contributed by atoms with Crippen LogP contribution >= 0.6 is 11.8 Å². The van der Waals surface area contributed by atoms with Crippen molar-refractivity contribution in [3.05, 3.63) is 53.6 Å². The second-order valence-corrected chi connectivity index (χ2v) is 6.51. The number of quaternary nitrogens is 1. The number of ether oxygens (including phenoxy) is 2. The van der Waals surface area contributed by atoms with Gasteiger partial charge in [0, 0.05) is 22.6 Å². The van der Waals surface area contributed by atoms with Gasteiger partial charge in [-0.15, -0.1) is 11.8 Å². The van der Waals surface area contributed by atoms with Gasteiger partial charge in [0.1, 0.15) is 12.6 Å². The van der Waals surface area contributed by atoms with E-state index in [1.165, 1.54) is 28.2 Å². The van der Waals surface area contributed by atoms with E-state index in [0.29, 0.717) is 6.04 Å². The number of para-hydroxylation sites is 1. The van der Waals surface area contributed by atoms with Crippen molar-refractivity contribution >= 4 is 11.8 Å². The van der Waals surface area contributed by atoms with E-state index in [2.05, 4.69) is 35.6 Å². The van der Waals surface area contributed by atoms with E-state index >= 15 is 0 Å². The molecule has 3 rings (SSSR count). The van der Waals surface area contributed by atoms with E-state index in [9.17, 15) is 0 Å². The fraction of sp³-hybridized carbons (Fsp3) is 0.333. The maximum absolute atomic E-state index is 5.53. The summed E-state index contributed by atoms with van der Waals surface area (Å²) in [6.45, 7) is 0.893. The van der Waals surface area contributed by atoms with Crippen molar-refractivity contribution in [1.82, 2.24) is 0 Å². The highest BCUT2D eigenvalue weighted by Gasteiger charge is 2.23. The molecule has 0 saturated carbocycles. The molecule has 1 atom stereocenters. The summed E-state index contributed by atoms with van der Waals surface area (Å²) in [5.74, 6) is 2.83. The highest BCUT2D eigenvalue weighted by molar-refractivity contribution is 7.99. The zero-order chi connectivity index (χ0) is 15.4. The van der Waals surface area contributed by atoms with E-state index < -0.39 is 0 Å². The molecule has 2 aromatic carbocycles. The highest BCUT2D eigenvalue weighted by Crippen LogP contribution is 2.34. The quantitative estimate of drug-likeness (QED) is 0.921. The van der Waals surface area contributed by atoms with Gasteiger partial charge < -0.3 is 14.8 Å². The molecule has 0 radical (unpaired) electrons. The molecular weight excluding hydrogens is 294 g/mol. The zero-order valence-electron chi connectivity index (χ0n) is 13.0. The van der Waals surface area contributed by atoms with E-state index in [-0.39, 0.29) is 0 Å². The van der Waals surface area contributed by atoms with Gasteiger partial charge in [0.05, 0.1) is 19.8 Å². The van der Waals surface area contributed by atoms with Crippen LogP contribution in [0.1, 0.15) is 23.6 Å². The number of thioether (sulfide) groups is 1. The summed E-state index contributed by atoms with van der Waals surface area (Å²) in [6.07, 6.45) is 1.20. The minimum atomic E-state index is 0.522. The molecule has 0 fully saturated rings. The Morgan fingerprint density at radius 1 is 1.09 bits per heavy atom. The highest BCUT2D eigenvalue weighted by atomic mass is 32.2. The lowest BCUT2D eigenvalue weighted by Gasteiger charge is -2.23. The average Bonchev–Trinajstić information content (AvgIpc) is 2.59. The van der Waals surface area contributed by atoms with Crippen LogP contribution in [0, 0.1) is 0 Å². The molecule has 2 N–H and O–H groups in total. The first kappa shape index (κ1) is 15.3. The SMILES string of the molecule is COc1cccc(C[NH2+][C@@H]2CCSc3ccccc32)c1OC. The predicted octanol–water partition coefficient (Wildman–Crippen LogP) is 3.00. The van der Waals surface area contributed by atoms with E-state index in [4.69, 9.17) is 9.47 Å². The van der Waals surface area contributed by atoms with Crippen LogP contribution in [0.25, 0.3) is 0 Å². The first-order valence-corrected chi connectivity index (χ1v) is 8.57. The molecule has 2 aromatic rings. The summed E-state index contributed by atoms with van der Waals surface area (Å²) in [5, 5.41) is 2.41. The molecule has 4 heteroatoms. The molecule has 0 unspecified atom stereocenters. The van der Waals surface area contributed by atoms with Crippen molar-refractivity contribution < 1.29 is 14.8 Å². The summed E-state index contributed by atoms with van der Waals surface area (Å²) in [6, 6.07) is 15.3. The Hall–Kier alpha value is -1.65. The van der Waals surface area contributed by atoms with Crippen LogP contribution in [0.4, 0.5) is 0 Å². The standard InChI is InChI=1S/C18H21NO2S/c1-20-16-8-5-6-13(18(16)21-2)12-19-15-10-11-22-17-9-4-3-7-14(15)17/h3-9,15,19H,10-12H2,1-2H3/p+1/t15-/m1/s1. The molecule has 22 heavy (non-hydrogen) atoms. The van der Waals surface area contributed by atoms with Crippen LogP contribution in [0.2, 0.25) is 0 Å². The van der Waals surface area contributed by atoms with E-state index in [1.807, 2.05) is 23.9 Å². The van der Waals surface area contributed by atoms with Crippen LogP contribution in [0.5, 0.6) is 11.5 Å². The molecule has 3 nitrogen and oxygen atoms in total. The number of nitrogens with two attached hydrogens (primary N) is 1. The molecule has 0 amide bonds. The molecule has 0 spiro atoms. The first-order chi connectivity index (χ1) is 10.8. The number of hydrogen-bond acceptors (Lipinski definition) is 3. The van der Waals surface area contributed by atoms with Crippen molar-refractivity contribution in [3.63, 3.8) is 0 Å². The average molecular weight is 316 g/mol. The monoisotopic (exact) mass is 316 g/mol. The lowest BCUT2D eigenvalue weighted by Crippen LogP contribution is -2.84. The Morgan fingerprint density at radius 3 is 2.77 bits per heavy atom. The van der Waals surface area contributed by atoms with Crippen molar-refractivity contribution in [2.24, 2.45) is 0 Å². The lowest BCUT2D eigenvalue weighted by atomic mass is 10.0. The summed E-state index contributed by atoms with van der Waals surface area (Å²) in [5.41, 5.74) is 2.64. The number of rotatable bonds is 5. The topological polar surface area (TPSA) is 35.1 Å². The smallest absolute Gasteiger partial charge is 0.169 e. The third-order valence-corrected chi connectivity index (χ3v) is 5.23. The molecule has 1 aliphatic heterocycles. The Balaban J connectivity index is 1.77. The maximum Gasteiger partial charge on any atom is 0.169 e. The molecule has 0 aliphatic carbocycles. The van der Waals surface area contributed by atoms with Crippen LogP contribution in [0.15, 0.2) is 47.4 Å². The van der Waals surface area contributed by atoms with E-state index in [0.717, 1.165) is 18.0 Å². The predicted molar refractivity (Wildman–Crippen MR) is 89.7 cm³/mol. The van der Waals surface area contributed by atoms with Gasteiger partial charge in [-0.1, -0.05) is 24.3 Å². The minimum absolute atomic E-state index is 0.522. The molecule has 0 aromatic heterocycles. The van der Waals surface area contributed by atoms with Crippen molar-refractivity contribution in [1.29, 1.82) is 0 Å². The summed E-state index contributed by atoms with van der Waals surface area (Å²) < 4.78 is 10.9. The third-order valence-electron chi connectivity index (χ3n) is 4.11. The Labute approximate surface area is 136 Å². The normalized spacial score (nSPS) is 16.9. The first-order valence-electron chi connectivity index (χ1n) is 7.58. The van der Waals surface area contributed by atoms with Gasteiger partial charge in [-0.25, -0.2) is 0 Å². The fourth-order valence-electron chi connectivity index (χ4n) is 3.00. The number of hydrogen-bond donors (Lipinski definition) is 1. The van der Waals surface area contributed by atoms with Crippen LogP contribution in [-0.2, 0) is 6.54 Å². The van der Waals surface area contributed by atoms with Crippen LogP contribution in [-0.4, -0.2) is 20.0 Å². The van der Waals surface area contributed by atoms with Crippen molar-refractivity contribution in [3.8, 4) is 11.5 Å². The lowest BCUT2D eigenvalue weighted by molar-refractivity contribution is -0.711. The van der Waals surface area contributed by atoms with E-state index in [1.54, 1.807) is 14.2 Å². The molecule has 0 bridgehead atoms. The van der Waals surface area contributed by atoms with Crippen molar-refractivity contribution in [2.45, 2.75) is 23.9 Å². The second-order valence-electron chi connectivity index (χ2n) is 5.37. The van der Waals surface area contributed by atoms with Crippen LogP contribution in [0.3, 0.4) is 0 Å². The van der Waals surface area contributed by atoms with Crippen molar-refractivity contribution in [2.75, 3.05) is 20.0 Å². The molecule has 0 saturated heterocycles. The summed E-state index contributed by atoms with van der Waals surface area (Å²) in [4.78, 5) is 1.42. The summed E-state index contributed by atoms with van der Waals surface area (Å²) in [7, 11) is 3.38. The molecule has 1 aliphatic rings. The van der Waals surface area contributed by atoms with Gasteiger partial charge in [0.15, 0.2) is 11.5 Å². The van der Waals surface area contributed by atoms with Gasteiger partial charge in [-0.05, 0) is 18.2 Å². The molecule has 1 heterocycles.